The van der Waals surface area contributed by atoms with E-state index < -0.39 is 0 Å². The zero-order valence-corrected chi connectivity index (χ0v) is 5.50. The van der Waals surface area contributed by atoms with Crippen molar-refractivity contribution in [1.29, 1.82) is 0 Å². The number of rotatable bonds is 1. The molecule has 0 fully saturated rings. The molecular formula is C6H9N3O. The average molecular weight is 139 g/mol. The summed E-state index contributed by atoms with van der Waals surface area (Å²) in [4.78, 5) is 14.6. The number of nitrogens with one attached hydrogen (secondary N) is 1. The molecule has 0 saturated heterocycles. The maximum absolute atomic E-state index is 10.7. The zero-order chi connectivity index (χ0) is 7.40. The number of hydrogen-bond donors (Lipinski definition) is 2. The number of hydrogen-bond acceptors (Lipinski definition) is 3. The lowest BCUT2D eigenvalue weighted by Gasteiger charge is -2.02. The molecule has 0 spiro atoms. The Kier molecular flexibility index (Phi) is 2.17. The summed E-state index contributed by atoms with van der Waals surface area (Å²) in [5.74, 6) is 4.57. The third-order valence-corrected chi connectivity index (χ3v) is 1.23. The van der Waals surface area contributed by atoms with Crippen molar-refractivity contribution in [3.05, 3.63) is 11.8 Å². The van der Waals surface area contributed by atoms with Gasteiger partial charge in [-0.2, -0.15) is 0 Å². The summed E-state index contributed by atoms with van der Waals surface area (Å²) in [5, 5.41) is 0. The molecule has 0 atom stereocenters. The van der Waals surface area contributed by atoms with Crippen LogP contribution in [0.5, 0.6) is 0 Å². The van der Waals surface area contributed by atoms with Crippen molar-refractivity contribution >= 4 is 12.1 Å². The van der Waals surface area contributed by atoms with Gasteiger partial charge in [0.15, 0.2) is 0 Å². The summed E-state index contributed by atoms with van der Waals surface area (Å²) < 4.78 is 0. The van der Waals surface area contributed by atoms with Crippen LogP contribution in [-0.2, 0) is 4.79 Å². The van der Waals surface area contributed by atoms with E-state index in [1.54, 1.807) is 12.3 Å². The van der Waals surface area contributed by atoms with E-state index in [0.717, 1.165) is 12.8 Å². The Labute approximate surface area is 58.8 Å². The molecule has 1 amide bonds. The molecule has 0 radical (unpaired) electrons. The van der Waals surface area contributed by atoms with Crippen LogP contribution in [0.25, 0.3) is 0 Å². The minimum absolute atomic E-state index is 0.323. The maximum Gasteiger partial charge on any atom is 0.283 e. The third kappa shape index (κ3) is 1.41. The molecule has 0 saturated carbocycles. The average Bonchev–Trinajstić information content (AvgIpc) is 2.05. The number of nitrogens with zero attached hydrogens (tertiary/aromatic N) is 1. The van der Waals surface area contributed by atoms with Crippen molar-refractivity contribution in [3.8, 4) is 0 Å². The minimum atomic E-state index is -0.323. The highest BCUT2D eigenvalue weighted by atomic mass is 16.2. The van der Waals surface area contributed by atoms with E-state index in [-0.39, 0.29) is 5.91 Å². The van der Waals surface area contributed by atoms with E-state index in [0.29, 0.717) is 5.70 Å². The number of carbonyl (C=O) groups excluding carboxylic acids is 1. The Balaban J connectivity index is 2.63. The van der Waals surface area contributed by atoms with Gasteiger partial charge in [-0.3, -0.25) is 15.2 Å². The van der Waals surface area contributed by atoms with Crippen molar-refractivity contribution in [2.45, 2.75) is 12.8 Å². The first-order valence-electron chi connectivity index (χ1n) is 3.08. The summed E-state index contributed by atoms with van der Waals surface area (Å²) >= 11 is 0. The molecule has 1 aliphatic rings. The van der Waals surface area contributed by atoms with E-state index in [1.807, 2.05) is 5.43 Å². The van der Waals surface area contributed by atoms with Crippen LogP contribution >= 0.6 is 0 Å². The molecule has 0 unspecified atom stereocenters. The Morgan fingerprint density at radius 3 is 3.00 bits per heavy atom. The first-order chi connectivity index (χ1) is 4.84. The second kappa shape index (κ2) is 3.12. The number of amides is 1. The Hall–Kier alpha value is -1.16. The lowest BCUT2D eigenvalue weighted by atomic mass is 10.2. The van der Waals surface area contributed by atoms with Gasteiger partial charge in [0.25, 0.3) is 5.91 Å². The lowest BCUT2D eigenvalue weighted by molar-refractivity contribution is -0.117. The van der Waals surface area contributed by atoms with Gasteiger partial charge < -0.3 is 0 Å². The summed E-state index contributed by atoms with van der Waals surface area (Å²) in [6.45, 7) is 0. The molecule has 3 N–H and O–H groups in total. The standard InChI is InChI=1S/C6H9N3O/c7-9-6(10)5-3-1-2-4-8-5/h3-4H,1-2,7H2,(H,9,10). The molecule has 4 nitrogen and oxygen atoms in total. The number of nitrogens with two attached hydrogens (primary N) is 1. The van der Waals surface area contributed by atoms with Crippen molar-refractivity contribution in [3.63, 3.8) is 0 Å². The number of aliphatic imine (C=N–C) groups is 1. The third-order valence-electron chi connectivity index (χ3n) is 1.23. The van der Waals surface area contributed by atoms with Crippen molar-refractivity contribution in [1.82, 2.24) is 5.43 Å². The van der Waals surface area contributed by atoms with Gasteiger partial charge in [-0.1, -0.05) is 6.08 Å². The lowest BCUT2D eigenvalue weighted by Crippen LogP contribution is -2.31. The van der Waals surface area contributed by atoms with Crippen LogP contribution in [0.15, 0.2) is 16.8 Å². The number of carbonyl (C=O) groups is 1. The zero-order valence-electron chi connectivity index (χ0n) is 5.50. The van der Waals surface area contributed by atoms with Crippen LogP contribution in [0.2, 0.25) is 0 Å². The van der Waals surface area contributed by atoms with Crippen molar-refractivity contribution in [2.75, 3.05) is 0 Å². The number of hydrazine groups is 1. The second-order valence-corrected chi connectivity index (χ2v) is 1.95. The predicted octanol–water partition coefficient (Wildman–Crippen LogP) is -0.275. The minimum Gasteiger partial charge on any atom is -0.289 e. The van der Waals surface area contributed by atoms with Crippen molar-refractivity contribution < 1.29 is 4.79 Å². The highest BCUT2D eigenvalue weighted by molar-refractivity contribution is 5.94. The SMILES string of the molecule is NNC(=O)C1=CCCC=N1. The molecular weight excluding hydrogens is 130 g/mol. The Morgan fingerprint density at radius 2 is 2.50 bits per heavy atom. The molecule has 54 valence electrons. The first kappa shape index (κ1) is 6.95. The molecule has 1 aliphatic heterocycles. The van der Waals surface area contributed by atoms with Crippen LogP contribution in [0.4, 0.5) is 0 Å². The quantitative estimate of drug-likeness (QED) is 0.298. The molecule has 0 aromatic heterocycles. The monoisotopic (exact) mass is 139 g/mol. The van der Waals surface area contributed by atoms with Gasteiger partial charge in [0, 0.05) is 6.21 Å². The van der Waals surface area contributed by atoms with Gasteiger partial charge in [0.2, 0.25) is 0 Å². The first-order valence-corrected chi connectivity index (χ1v) is 3.08. The summed E-state index contributed by atoms with van der Waals surface area (Å²) in [5.41, 5.74) is 2.42. The maximum atomic E-state index is 10.7. The fraction of sp³-hybridized carbons (Fsp3) is 0.333. The number of allylic oxidation sites excluding steroid dienone is 1. The molecule has 0 aliphatic carbocycles. The molecule has 1 rings (SSSR count). The van der Waals surface area contributed by atoms with E-state index in [4.69, 9.17) is 5.84 Å². The normalized spacial score (nSPS) is 16.3. The summed E-state index contributed by atoms with van der Waals surface area (Å²) in [7, 11) is 0. The molecule has 0 bridgehead atoms. The van der Waals surface area contributed by atoms with E-state index in [1.165, 1.54) is 0 Å². The van der Waals surface area contributed by atoms with Crippen LogP contribution in [0.1, 0.15) is 12.8 Å². The fourth-order valence-electron chi connectivity index (χ4n) is 0.735. The van der Waals surface area contributed by atoms with E-state index >= 15 is 0 Å². The van der Waals surface area contributed by atoms with Gasteiger partial charge in [0.1, 0.15) is 5.70 Å². The molecule has 10 heavy (non-hydrogen) atoms. The van der Waals surface area contributed by atoms with Gasteiger partial charge in [0.05, 0.1) is 0 Å². The van der Waals surface area contributed by atoms with Crippen LogP contribution in [-0.4, -0.2) is 12.1 Å². The molecule has 0 aromatic carbocycles. The van der Waals surface area contributed by atoms with Gasteiger partial charge in [-0.05, 0) is 12.8 Å². The Morgan fingerprint density at radius 1 is 1.70 bits per heavy atom. The van der Waals surface area contributed by atoms with Crippen LogP contribution in [0, 0.1) is 0 Å². The molecule has 4 heteroatoms. The van der Waals surface area contributed by atoms with E-state index in [2.05, 4.69) is 4.99 Å². The fourth-order valence-corrected chi connectivity index (χ4v) is 0.735. The van der Waals surface area contributed by atoms with Crippen LogP contribution < -0.4 is 11.3 Å². The predicted molar refractivity (Wildman–Crippen MR) is 38.1 cm³/mol. The van der Waals surface area contributed by atoms with Crippen LogP contribution in [0.3, 0.4) is 0 Å². The second-order valence-electron chi connectivity index (χ2n) is 1.95. The van der Waals surface area contributed by atoms with Gasteiger partial charge in [-0.15, -0.1) is 0 Å². The molecule has 1 heterocycles. The van der Waals surface area contributed by atoms with Gasteiger partial charge >= 0.3 is 0 Å². The summed E-state index contributed by atoms with van der Waals surface area (Å²) in [6.07, 6.45) is 5.25. The van der Waals surface area contributed by atoms with E-state index in [9.17, 15) is 4.79 Å². The smallest absolute Gasteiger partial charge is 0.283 e. The highest BCUT2D eigenvalue weighted by Gasteiger charge is 2.06. The van der Waals surface area contributed by atoms with Gasteiger partial charge in [-0.25, -0.2) is 5.84 Å². The van der Waals surface area contributed by atoms with Crippen molar-refractivity contribution in [2.24, 2.45) is 10.8 Å². The largest absolute Gasteiger partial charge is 0.289 e. The highest BCUT2D eigenvalue weighted by Crippen LogP contribution is 2.05. The topological polar surface area (TPSA) is 67.5 Å². The Bertz CT molecular complexity index is 195. The molecule has 0 aromatic rings. The summed E-state index contributed by atoms with van der Waals surface area (Å²) in [6, 6.07) is 0.